The number of aromatic nitrogens is 5. The molecule has 9 nitrogen and oxygen atoms in total. The second-order valence-electron chi connectivity index (χ2n) is 11.1. The zero-order valence-electron chi connectivity index (χ0n) is 22.0. The smallest absolute Gasteiger partial charge is 0.253 e. The van der Waals surface area contributed by atoms with Gasteiger partial charge in [-0.3, -0.25) is 14.6 Å². The van der Waals surface area contributed by atoms with Crippen molar-refractivity contribution in [1.82, 2.24) is 35.0 Å². The Morgan fingerprint density at radius 3 is 2.53 bits per heavy atom. The summed E-state index contributed by atoms with van der Waals surface area (Å²) < 4.78 is 7.59. The van der Waals surface area contributed by atoms with Crippen LogP contribution in [0.3, 0.4) is 0 Å². The maximum Gasteiger partial charge on any atom is 0.253 e. The molecule has 36 heavy (non-hydrogen) atoms. The van der Waals surface area contributed by atoms with Gasteiger partial charge >= 0.3 is 0 Å². The minimum absolute atomic E-state index is 0.102. The minimum Gasteiger partial charge on any atom is -0.494 e. The van der Waals surface area contributed by atoms with Crippen LogP contribution in [0.15, 0.2) is 29.1 Å². The van der Waals surface area contributed by atoms with E-state index in [9.17, 15) is 4.79 Å². The Labute approximate surface area is 212 Å². The van der Waals surface area contributed by atoms with Crippen molar-refractivity contribution in [2.45, 2.75) is 77.4 Å². The molecule has 2 aromatic heterocycles. The van der Waals surface area contributed by atoms with Gasteiger partial charge in [-0.1, -0.05) is 19.3 Å². The van der Waals surface area contributed by atoms with Crippen LogP contribution in [0.4, 0.5) is 0 Å². The summed E-state index contributed by atoms with van der Waals surface area (Å²) in [4.78, 5) is 21.6. The van der Waals surface area contributed by atoms with Gasteiger partial charge in [0.2, 0.25) is 0 Å². The first-order valence-corrected chi connectivity index (χ1v) is 13.4. The summed E-state index contributed by atoms with van der Waals surface area (Å²) in [6.45, 7) is 12.6. The number of benzene rings is 1. The maximum atomic E-state index is 13.5. The van der Waals surface area contributed by atoms with Gasteiger partial charge in [0, 0.05) is 48.7 Å². The zero-order valence-corrected chi connectivity index (χ0v) is 22.0. The molecule has 1 aliphatic heterocycles. The molecule has 3 heterocycles. The third-order valence-electron chi connectivity index (χ3n) is 7.63. The SMILES string of the molecule is CCOc1ccc2[nH]c(=O)c([C@H](c3nnnn3C(C)(C)C)N3CCN(C4CCCCC4)CC3)cc2c1. The Morgan fingerprint density at radius 1 is 1.08 bits per heavy atom. The van der Waals surface area contributed by atoms with Crippen LogP contribution in [0.1, 0.15) is 77.2 Å². The first kappa shape index (κ1) is 24.9. The third kappa shape index (κ3) is 5.04. The average molecular weight is 494 g/mol. The molecule has 3 aromatic rings. The first-order valence-electron chi connectivity index (χ1n) is 13.4. The first-order chi connectivity index (χ1) is 17.3. The molecule has 1 N–H and O–H groups in total. The van der Waals surface area contributed by atoms with Crippen LogP contribution in [0, 0.1) is 0 Å². The fraction of sp³-hybridized carbons (Fsp3) is 0.630. The molecule has 1 atom stereocenters. The highest BCUT2D eigenvalue weighted by Crippen LogP contribution is 2.32. The fourth-order valence-corrected chi connectivity index (χ4v) is 5.81. The number of hydrogen-bond acceptors (Lipinski definition) is 7. The number of H-pyrrole nitrogens is 1. The molecule has 5 rings (SSSR count). The van der Waals surface area contributed by atoms with E-state index in [1.54, 1.807) is 0 Å². The van der Waals surface area contributed by atoms with Crippen LogP contribution < -0.4 is 10.3 Å². The fourth-order valence-electron chi connectivity index (χ4n) is 5.81. The lowest BCUT2D eigenvalue weighted by Gasteiger charge is -2.43. The van der Waals surface area contributed by atoms with Gasteiger partial charge in [0.15, 0.2) is 5.82 Å². The number of piperazine rings is 1. The standard InChI is InChI=1S/C27H39N7O2/c1-5-36-21-11-12-23-19(17-21)18-22(26(35)28-23)24(25-29-30-31-34(25)27(2,3)4)33-15-13-32(14-16-33)20-9-7-6-8-10-20/h11-12,17-18,20,24H,5-10,13-16H2,1-4H3,(H,28,35)/t24-/m1/s1. The van der Waals surface area contributed by atoms with Gasteiger partial charge in [-0.15, -0.1) is 5.10 Å². The van der Waals surface area contributed by atoms with Crippen LogP contribution in [0.5, 0.6) is 5.75 Å². The number of ether oxygens (including phenoxy) is 1. The van der Waals surface area contributed by atoms with Gasteiger partial charge in [0.1, 0.15) is 11.8 Å². The molecule has 0 unspecified atom stereocenters. The molecule has 0 spiro atoms. The van der Waals surface area contributed by atoms with Gasteiger partial charge in [-0.2, -0.15) is 0 Å². The predicted molar refractivity (Wildman–Crippen MR) is 140 cm³/mol. The van der Waals surface area contributed by atoms with Gasteiger partial charge in [0.25, 0.3) is 5.56 Å². The van der Waals surface area contributed by atoms with E-state index in [1.807, 2.05) is 35.9 Å². The molecular formula is C27H39N7O2. The number of nitrogens with one attached hydrogen (secondary N) is 1. The molecule has 1 saturated carbocycles. The van der Waals surface area contributed by atoms with E-state index in [0.717, 1.165) is 42.8 Å². The summed E-state index contributed by atoms with van der Waals surface area (Å²) in [6.07, 6.45) is 6.65. The Hall–Kier alpha value is -2.78. The molecule has 2 fully saturated rings. The van der Waals surface area contributed by atoms with Crippen LogP contribution in [-0.4, -0.2) is 73.8 Å². The highest BCUT2D eigenvalue weighted by atomic mass is 16.5. The van der Waals surface area contributed by atoms with E-state index < -0.39 is 0 Å². The van der Waals surface area contributed by atoms with Crippen molar-refractivity contribution in [2.75, 3.05) is 32.8 Å². The van der Waals surface area contributed by atoms with Crippen LogP contribution >= 0.6 is 0 Å². The number of rotatable bonds is 6. The second-order valence-corrected chi connectivity index (χ2v) is 11.1. The molecule has 0 bridgehead atoms. The molecule has 9 heteroatoms. The molecule has 194 valence electrons. The normalized spacial score (nSPS) is 19.6. The van der Waals surface area contributed by atoms with E-state index in [0.29, 0.717) is 24.0 Å². The Bertz CT molecular complexity index is 1230. The summed E-state index contributed by atoms with van der Waals surface area (Å²) in [6, 6.07) is 8.14. The molecule has 2 aliphatic rings. The largest absolute Gasteiger partial charge is 0.494 e. The molecule has 1 aromatic carbocycles. The third-order valence-corrected chi connectivity index (χ3v) is 7.63. The zero-order chi connectivity index (χ0) is 25.3. The summed E-state index contributed by atoms with van der Waals surface area (Å²) in [5, 5.41) is 13.8. The number of fused-ring (bicyclic) bond motifs is 1. The van der Waals surface area contributed by atoms with Crippen LogP contribution in [0.2, 0.25) is 0 Å². The van der Waals surface area contributed by atoms with E-state index in [2.05, 4.69) is 51.1 Å². The lowest BCUT2D eigenvalue weighted by molar-refractivity contribution is 0.0606. The number of hydrogen-bond donors (Lipinski definition) is 1. The molecule has 0 radical (unpaired) electrons. The van der Waals surface area contributed by atoms with Crippen molar-refractivity contribution >= 4 is 10.9 Å². The van der Waals surface area contributed by atoms with Crippen molar-refractivity contribution in [3.05, 3.63) is 46.0 Å². The molecule has 1 aliphatic carbocycles. The van der Waals surface area contributed by atoms with Crippen molar-refractivity contribution in [3.8, 4) is 5.75 Å². The van der Waals surface area contributed by atoms with Crippen LogP contribution in [0.25, 0.3) is 10.9 Å². The van der Waals surface area contributed by atoms with Gasteiger partial charge < -0.3 is 9.72 Å². The lowest BCUT2D eigenvalue weighted by atomic mass is 9.93. The summed E-state index contributed by atoms with van der Waals surface area (Å²) >= 11 is 0. The summed E-state index contributed by atoms with van der Waals surface area (Å²) in [7, 11) is 0. The number of aromatic amines is 1. The average Bonchev–Trinajstić information content (AvgIpc) is 3.36. The van der Waals surface area contributed by atoms with Gasteiger partial charge in [-0.25, -0.2) is 4.68 Å². The highest BCUT2D eigenvalue weighted by Gasteiger charge is 2.36. The van der Waals surface area contributed by atoms with Crippen LogP contribution in [-0.2, 0) is 5.54 Å². The molecule has 1 saturated heterocycles. The number of pyridine rings is 1. The molecule has 0 amide bonds. The van der Waals surface area contributed by atoms with E-state index in [-0.39, 0.29) is 17.1 Å². The van der Waals surface area contributed by atoms with Crippen molar-refractivity contribution in [1.29, 1.82) is 0 Å². The topological polar surface area (TPSA) is 92.2 Å². The Kier molecular flexibility index (Phi) is 7.12. The minimum atomic E-state index is -0.336. The summed E-state index contributed by atoms with van der Waals surface area (Å²) in [5.41, 5.74) is 1.05. The van der Waals surface area contributed by atoms with Crippen molar-refractivity contribution in [3.63, 3.8) is 0 Å². The predicted octanol–water partition coefficient (Wildman–Crippen LogP) is 3.71. The quantitative estimate of drug-likeness (QED) is 0.560. The monoisotopic (exact) mass is 493 g/mol. The second kappa shape index (κ2) is 10.3. The number of tetrazole rings is 1. The Morgan fingerprint density at radius 2 is 1.83 bits per heavy atom. The molecular weight excluding hydrogens is 454 g/mol. The Balaban J connectivity index is 1.53. The summed E-state index contributed by atoms with van der Waals surface area (Å²) in [5.74, 6) is 1.50. The lowest BCUT2D eigenvalue weighted by Crippen LogP contribution is -2.52. The maximum absolute atomic E-state index is 13.5. The van der Waals surface area contributed by atoms with Crippen molar-refractivity contribution < 1.29 is 4.74 Å². The van der Waals surface area contributed by atoms with E-state index in [1.165, 1.54) is 32.1 Å². The van der Waals surface area contributed by atoms with E-state index in [4.69, 9.17) is 4.74 Å². The van der Waals surface area contributed by atoms with Gasteiger partial charge in [0.05, 0.1) is 12.1 Å². The van der Waals surface area contributed by atoms with E-state index >= 15 is 0 Å². The van der Waals surface area contributed by atoms with Crippen molar-refractivity contribution in [2.24, 2.45) is 0 Å². The van der Waals surface area contributed by atoms with Gasteiger partial charge in [-0.05, 0) is 75.2 Å². The highest BCUT2D eigenvalue weighted by molar-refractivity contribution is 5.80. The number of nitrogens with zero attached hydrogens (tertiary/aromatic N) is 6.